The van der Waals surface area contributed by atoms with Gasteiger partial charge in [-0.2, -0.15) is 0 Å². The summed E-state index contributed by atoms with van der Waals surface area (Å²) in [5.41, 5.74) is 1.24. The first-order valence-electron chi connectivity index (χ1n) is 5.76. The van der Waals surface area contributed by atoms with Crippen molar-refractivity contribution < 1.29 is 4.79 Å². The number of ketones is 1. The Labute approximate surface area is 111 Å². The summed E-state index contributed by atoms with van der Waals surface area (Å²) in [5, 5.41) is 0. The number of hydrogen-bond donors (Lipinski definition) is 0. The first kappa shape index (κ1) is 12.5. The molecule has 0 N–H and O–H groups in total. The summed E-state index contributed by atoms with van der Waals surface area (Å²) in [6.07, 6.45) is 7.23. The van der Waals surface area contributed by atoms with Crippen LogP contribution in [0.15, 0.2) is 60.7 Å². The molecular formula is C16H14OS. The third kappa shape index (κ3) is 3.54. The minimum Gasteiger partial charge on any atom is -0.295 e. The highest BCUT2D eigenvalue weighted by atomic mass is 32.1. The van der Waals surface area contributed by atoms with Gasteiger partial charge in [-0.25, -0.2) is 0 Å². The highest BCUT2D eigenvalue weighted by Gasteiger charge is 1.99. The summed E-state index contributed by atoms with van der Waals surface area (Å²) in [5.74, 6) is 0.0656. The van der Waals surface area contributed by atoms with Gasteiger partial charge in [0.25, 0.3) is 0 Å². The maximum atomic E-state index is 10.7. The fourth-order valence-corrected chi connectivity index (χ4v) is 2.47. The van der Waals surface area contributed by atoms with Gasteiger partial charge >= 0.3 is 0 Å². The van der Waals surface area contributed by atoms with Gasteiger partial charge in [0.1, 0.15) is 0 Å². The lowest BCUT2D eigenvalue weighted by molar-refractivity contribution is -0.112. The summed E-state index contributed by atoms with van der Waals surface area (Å²) in [4.78, 5) is 13.2. The van der Waals surface area contributed by atoms with Crippen molar-refractivity contribution in [1.29, 1.82) is 0 Å². The number of carbonyl (C=O) groups excluding carboxylic acids is 1. The van der Waals surface area contributed by atoms with Crippen LogP contribution >= 0.6 is 11.3 Å². The van der Waals surface area contributed by atoms with Crippen LogP contribution in [0, 0.1) is 0 Å². The Kier molecular flexibility index (Phi) is 4.26. The fourth-order valence-electron chi connectivity index (χ4n) is 1.54. The van der Waals surface area contributed by atoms with Crippen molar-refractivity contribution in [1.82, 2.24) is 0 Å². The van der Waals surface area contributed by atoms with Crippen LogP contribution in [-0.2, 0) is 4.79 Å². The van der Waals surface area contributed by atoms with Crippen molar-refractivity contribution in [3.05, 3.63) is 65.6 Å². The molecule has 2 heteroatoms. The highest BCUT2D eigenvalue weighted by molar-refractivity contribution is 7.16. The number of benzene rings is 1. The number of allylic oxidation sites excluding steroid dienone is 3. The molecule has 1 nitrogen and oxygen atoms in total. The lowest BCUT2D eigenvalue weighted by Gasteiger charge is -1.94. The third-order valence-corrected chi connectivity index (χ3v) is 3.49. The number of carbonyl (C=O) groups is 1. The zero-order chi connectivity index (χ0) is 12.8. The predicted octanol–water partition coefficient (Wildman–Crippen LogP) is 4.57. The Hall–Kier alpha value is -1.93. The molecule has 0 aliphatic rings. The summed E-state index contributed by atoms with van der Waals surface area (Å²) in [6, 6.07) is 14.5. The molecule has 0 bridgehead atoms. The number of rotatable bonds is 4. The third-order valence-electron chi connectivity index (χ3n) is 2.39. The van der Waals surface area contributed by atoms with Crippen LogP contribution in [0.25, 0.3) is 16.5 Å². The molecule has 0 spiro atoms. The topological polar surface area (TPSA) is 17.1 Å². The van der Waals surface area contributed by atoms with E-state index in [1.807, 2.05) is 30.4 Å². The smallest absolute Gasteiger partial charge is 0.152 e. The molecule has 1 aromatic heterocycles. The lowest BCUT2D eigenvalue weighted by Crippen LogP contribution is -1.77. The first-order chi connectivity index (χ1) is 8.75. The monoisotopic (exact) mass is 254 g/mol. The number of thiophene rings is 1. The van der Waals surface area contributed by atoms with Crippen molar-refractivity contribution >= 4 is 23.2 Å². The van der Waals surface area contributed by atoms with Gasteiger partial charge in [0.05, 0.1) is 0 Å². The van der Waals surface area contributed by atoms with Gasteiger partial charge in [0.15, 0.2) is 5.78 Å². The van der Waals surface area contributed by atoms with Crippen LogP contribution < -0.4 is 0 Å². The van der Waals surface area contributed by atoms with Gasteiger partial charge in [0, 0.05) is 9.75 Å². The average Bonchev–Trinajstić information content (AvgIpc) is 2.84. The van der Waals surface area contributed by atoms with Crippen LogP contribution in [0.4, 0.5) is 0 Å². The van der Waals surface area contributed by atoms with E-state index in [9.17, 15) is 4.79 Å². The minimum absolute atomic E-state index is 0.0656. The highest BCUT2D eigenvalue weighted by Crippen LogP contribution is 2.28. The van der Waals surface area contributed by atoms with Gasteiger partial charge in [-0.05, 0) is 36.8 Å². The number of hydrogen-bond acceptors (Lipinski definition) is 2. The van der Waals surface area contributed by atoms with Crippen LogP contribution in [0.5, 0.6) is 0 Å². The molecule has 0 fully saturated rings. The van der Waals surface area contributed by atoms with Crippen molar-refractivity contribution in [2.24, 2.45) is 0 Å². The van der Waals surface area contributed by atoms with Crippen molar-refractivity contribution in [3.8, 4) is 10.4 Å². The maximum absolute atomic E-state index is 10.7. The van der Waals surface area contributed by atoms with Crippen molar-refractivity contribution in [2.75, 3.05) is 0 Å². The Morgan fingerprint density at radius 2 is 1.83 bits per heavy atom. The molecule has 0 saturated heterocycles. The van der Waals surface area contributed by atoms with E-state index in [2.05, 4.69) is 24.3 Å². The van der Waals surface area contributed by atoms with Gasteiger partial charge < -0.3 is 0 Å². The minimum atomic E-state index is 0.0656. The molecule has 1 aromatic carbocycles. The molecule has 90 valence electrons. The quantitative estimate of drug-likeness (QED) is 0.577. The Morgan fingerprint density at radius 1 is 1.06 bits per heavy atom. The molecule has 0 saturated carbocycles. The van der Waals surface area contributed by atoms with Gasteiger partial charge in [-0.3, -0.25) is 4.79 Å². The first-order valence-corrected chi connectivity index (χ1v) is 6.58. The molecule has 18 heavy (non-hydrogen) atoms. The van der Waals surface area contributed by atoms with E-state index in [1.165, 1.54) is 15.3 Å². The zero-order valence-electron chi connectivity index (χ0n) is 10.2. The van der Waals surface area contributed by atoms with E-state index in [-0.39, 0.29) is 5.78 Å². The van der Waals surface area contributed by atoms with Crippen molar-refractivity contribution in [3.63, 3.8) is 0 Å². The molecule has 2 rings (SSSR count). The molecule has 0 aliphatic heterocycles. The normalized spacial score (nSPS) is 11.4. The molecule has 0 aliphatic carbocycles. The van der Waals surface area contributed by atoms with E-state index in [0.29, 0.717) is 0 Å². The second-order valence-electron chi connectivity index (χ2n) is 3.90. The van der Waals surface area contributed by atoms with Crippen LogP contribution in [0.3, 0.4) is 0 Å². The van der Waals surface area contributed by atoms with Crippen LogP contribution in [0.2, 0.25) is 0 Å². The molecule has 2 aromatic rings. The Balaban J connectivity index is 2.09. The molecule has 0 unspecified atom stereocenters. The Bertz CT molecular complexity index is 576. The second-order valence-corrected chi connectivity index (χ2v) is 5.01. The zero-order valence-corrected chi connectivity index (χ0v) is 11.0. The maximum Gasteiger partial charge on any atom is 0.152 e. The summed E-state index contributed by atoms with van der Waals surface area (Å²) >= 11 is 1.74. The molecular weight excluding hydrogens is 240 g/mol. The average molecular weight is 254 g/mol. The molecule has 0 amide bonds. The summed E-state index contributed by atoms with van der Waals surface area (Å²) in [7, 11) is 0. The molecule has 0 atom stereocenters. The second kappa shape index (κ2) is 6.12. The van der Waals surface area contributed by atoms with Crippen molar-refractivity contribution in [2.45, 2.75) is 6.92 Å². The summed E-state index contributed by atoms with van der Waals surface area (Å²) < 4.78 is 0. The predicted molar refractivity (Wildman–Crippen MR) is 78.6 cm³/mol. The SMILES string of the molecule is CC(=O)C=CC=Cc1ccc(-c2ccccc2)s1. The largest absolute Gasteiger partial charge is 0.295 e. The summed E-state index contributed by atoms with van der Waals surface area (Å²) in [6.45, 7) is 1.54. The fraction of sp³-hybridized carbons (Fsp3) is 0.0625. The van der Waals surface area contributed by atoms with E-state index >= 15 is 0 Å². The standard InChI is InChI=1S/C16H14OS/c1-13(17)7-5-6-10-15-11-12-16(18-15)14-8-3-2-4-9-14/h2-12H,1H3. The van der Waals surface area contributed by atoms with Crippen LogP contribution in [-0.4, -0.2) is 5.78 Å². The van der Waals surface area contributed by atoms with E-state index < -0.39 is 0 Å². The molecule has 0 radical (unpaired) electrons. The van der Waals surface area contributed by atoms with E-state index in [1.54, 1.807) is 30.4 Å². The van der Waals surface area contributed by atoms with Gasteiger partial charge in [-0.15, -0.1) is 11.3 Å². The van der Waals surface area contributed by atoms with Gasteiger partial charge in [0.2, 0.25) is 0 Å². The van der Waals surface area contributed by atoms with E-state index in [0.717, 1.165) is 0 Å². The molecule has 1 heterocycles. The Morgan fingerprint density at radius 3 is 2.56 bits per heavy atom. The van der Waals surface area contributed by atoms with Crippen LogP contribution in [0.1, 0.15) is 11.8 Å². The lowest BCUT2D eigenvalue weighted by atomic mass is 10.2. The van der Waals surface area contributed by atoms with E-state index in [4.69, 9.17) is 0 Å². The van der Waals surface area contributed by atoms with Gasteiger partial charge in [-0.1, -0.05) is 42.5 Å².